The molecule has 0 fully saturated rings. The van der Waals surface area contributed by atoms with Crippen LogP contribution in [-0.2, 0) is 0 Å². The first-order valence-corrected chi connectivity index (χ1v) is 5.74. The standard InChI is InChI=1S/C12H12N2OS/c1-6-5-7(2)14-12-9(6)10(13-4)11(16-12)8(3)15/h5H,4H2,1-3H3. The van der Waals surface area contributed by atoms with Gasteiger partial charge in [0.2, 0.25) is 0 Å². The third kappa shape index (κ3) is 1.55. The molecule has 0 saturated heterocycles. The smallest absolute Gasteiger partial charge is 0.172 e. The van der Waals surface area contributed by atoms with Gasteiger partial charge in [0.15, 0.2) is 5.78 Å². The quantitative estimate of drug-likeness (QED) is 0.588. The summed E-state index contributed by atoms with van der Waals surface area (Å²) in [7, 11) is 0. The van der Waals surface area contributed by atoms with E-state index in [9.17, 15) is 4.79 Å². The Bertz CT molecular complexity index is 599. The number of hydrogen-bond donors (Lipinski definition) is 0. The van der Waals surface area contributed by atoms with Crippen molar-refractivity contribution in [1.29, 1.82) is 0 Å². The normalized spacial score (nSPS) is 10.7. The van der Waals surface area contributed by atoms with Crippen LogP contribution in [0.4, 0.5) is 5.69 Å². The van der Waals surface area contributed by atoms with Crippen molar-refractivity contribution in [3.63, 3.8) is 0 Å². The van der Waals surface area contributed by atoms with Gasteiger partial charge in [-0.3, -0.25) is 9.79 Å². The van der Waals surface area contributed by atoms with E-state index in [1.165, 1.54) is 11.3 Å². The van der Waals surface area contributed by atoms with Crippen molar-refractivity contribution in [1.82, 2.24) is 4.98 Å². The van der Waals surface area contributed by atoms with Crippen LogP contribution in [0.1, 0.15) is 27.9 Å². The molecule has 2 heterocycles. The molecule has 0 atom stereocenters. The van der Waals surface area contributed by atoms with Gasteiger partial charge in [0, 0.05) is 18.0 Å². The molecule has 0 aliphatic rings. The van der Waals surface area contributed by atoms with Crippen LogP contribution in [0.2, 0.25) is 0 Å². The maximum Gasteiger partial charge on any atom is 0.172 e. The van der Waals surface area contributed by atoms with E-state index in [2.05, 4.69) is 16.7 Å². The predicted molar refractivity (Wildman–Crippen MR) is 68.3 cm³/mol. The number of pyridine rings is 1. The Balaban J connectivity index is 2.93. The second kappa shape index (κ2) is 3.79. The number of Topliss-reactive ketones (excluding diaryl/α,β-unsaturated/α-hetero) is 1. The van der Waals surface area contributed by atoms with Crippen LogP contribution in [0.15, 0.2) is 11.1 Å². The molecule has 0 aliphatic heterocycles. The van der Waals surface area contributed by atoms with Gasteiger partial charge in [-0.25, -0.2) is 4.98 Å². The summed E-state index contributed by atoms with van der Waals surface area (Å²) in [5, 5.41) is 0.954. The van der Waals surface area contributed by atoms with Crippen molar-refractivity contribution in [3.8, 4) is 0 Å². The fourth-order valence-corrected chi connectivity index (χ4v) is 2.96. The van der Waals surface area contributed by atoms with Gasteiger partial charge < -0.3 is 0 Å². The van der Waals surface area contributed by atoms with Crippen molar-refractivity contribution in [3.05, 3.63) is 22.2 Å². The molecule has 0 amide bonds. The minimum absolute atomic E-state index is 0.0162. The molecule has 3 nitrogen and oxygen atoms in total. The number of nitrogens with zero attached hydrogens (tertiary/aromatic N) is 2. The molecule has 2 rings (SSSR count). The van der Waals surface area contributed by atoms with Crippen molar-refractivity contribution < 1.29 is 4.79 Å². The second-order valence-electron chi connectivity index (χ2n) is 3.75. The number of rotatable bonds is 2. The molecule has 16 heavy (non-hydrogen) atoms. The predicted octanol–water partition coefficient (Wildman–Crippen LogP) is 3.45. The lowest BCUT2D eigenvalue weighted by atomic mass is 10.1. The topological polar surface area (TPSA) is 42.3 Å². The number of hydrogen-bond acceptors (Lipinski definition) is 4. The lowest BCUT2D eigenvalue weighted by Gasteiger charge is -1.99. The van der Waals surface area contributed by atoms with Crippen LogP contribution in [0.3, 0.4) is 0 Å². The first-order valence-electron chi connectivity index (χ1n) is 4.93. The molecule has 0 spiro atoms. The summed E-state index contributed by atoms with van der Waals surface area (Å²) in [6.45, 7) is 9.03. The number of aryl methyl sites for hydroxylation is 2. The lowest BCUT2D eigenvalue weighted by Crippen LogP contribution is -1.86. The number of thiophene rings is 1. The van der Waals surface area contributed by atoms with Gasteiger partial charge in [0.25, 0.3) is 0 Å². The van der Waals surface area contributed by atoms with E-state index in [0.29, 0.717) is 10.6 Å². The molecular formula is C12H12N2OS. The molecular weight excluding hydrogens is 220 g/mol. The van der Waals surface area contributed by atoms with Gasteiger partial charge >= 0.3 is 0 Å². The molecule has 2 aromatic heterocycles. The third-order valence-electron chi connectivity index (χ3n) is 2.44. The van der Waals surface area contributed by atoms with E-state index in [-0.39, 0.29) is 5.78 Å². The maximum absolute atomic E-state index is 11.5. The molecule has 2 aromatic rings. The van der Waals surface area contributed by atoms with Gasteiger partial charge in [-0.15, -0.1) is 11.3 Å². The first-order chi connectivity index (χ1) is 7.54. The molecule has 4 heteroatoms. The molecule has 0 aromatic carbocycles. The van der Waals surface area contributed by atoms with Crippen LogP contribution in [-0.4, -0.2) is 17.5 Å². The van der Waals surface area contributed by atoms with E-state index in [1.54, 1.807) is 6.92 Å². The SMILES string of the molecule is C=Nc1c(C(C)=O)sc2nc(C)cc(C)c12. The van der Waals surface area contributed by atoms with Gasteiger partial charge in [-0.2, -0.15) is 0 Å². The number of ketones is 1. The average Bonchev–Trinajstić information content (AvgIpc) is 2.56. The Morgan fingerprint density at radius 2 is 2.19 bits per heavy atom. The Labute approximate surface area is 97.9 Å². The van der Waals surface area contributed by atoms with E-state index in [4.69, 9.17) is 0 Å². The number of aromatic nitrogens is 1. The average molecular weight is 232 g/mol. The van der Waals surface area contributed by atoms with Gasteiger partial charge in [0.05, 0.1) is 10.6 Å². The lowest BCUT2D eigenvalue weighted by molar-refractivity contribution is 0.102. The summed E-state index contributed by atoms with van der Waals surface area (Å²) in [4.78, 5) is 21.4. The minimum Gasteiger partial charge on any atom is -0.294 e. The van der Waals surface area contributed by atoms with Crippen molar-refractivity contribution in [2.45, 2.75) is 20.8 Å². The highest BCUT2D eigenvalue weighted by atomic mass is 32.1. The third-order valence-corrected chi connectivity index (χ3v) is 3.61. The number of aliphatic imine (C=N–C) groups is 1. The second-order valence-corrected chi connectivity index (χ2v) is 4.75. The molecule has 82 valence electrons. The largest absolute Gasteiger partial charge is 0.294 e. The summed E-state index contributed by atoms with van der Waals surface area (Å²) in [6.07, 6.45) is 0. The Morgan fingerprint density at radius 3 is 2.75 bits per heavy atom. The molecule has 0 aliphatic carbocycles. The summed E-state index contributed by atoms with van der Waals surface area (Å²) in [5.41, 5.74) is 2.73. The van der Waals surface area contributed by atoms with Crippen LogP contribution >= 0.6 is 11.3 Å². The van der Waals surface area contributed by atoms with Crippen LogP contribution in [0, 0.1) is 13.8 Å². The Hall–Kier alpha value is -1.55. The Kier molecular flexibility index (Phi) is 2.59. The van der Waals surface area contributed by atoms with Gasteiger partial charge in [-0.05, 0) is 32.2 Å². The van der Waals surface area contributed by atoms with E-state index >= 15 is 0 Å². The highest BCUT2D eigenvalue weighted by Crippen LogP contribution is 2.38. The van der Waals surface area contributed by atoms with Crippen LogP contribution < -0.4 is 0 Å². The van der Waals surface area contributed by atoms with E-state index < -0.39 is 0 Å². The minimum atomic E-state index is 0.0162. The fourth-order valence-electron chi connectivity index (χ4n) is 1.81. The monoisotopic (exact) mass is 232 g/mol. The van der Waals surface area contributed by atoms with E-state index in [0.717, 1.165) is 21.5 Å². The van der Waals surface area contributed by atoms with Crippen molar-refractivity contribution >= 4 is 39.7 Å². The zero-order valence-electron chi connectivity index (χ0n) is 9.50. The number of fused-ring (bicyclic) bond motifs is 1. The van der Waals surface area contributed by atoms with E-state index in [1.807, 2.05) is 19.9 Å². The molecule has 0 unspecified atom stereocenters. The van der Waals surface area contributed by atoms with Crippen molar-refractivity contribution in [2.24, 2.45) is 4.99 Å². The van der Waals surface area contributed by atoms with Crippen LogP contribution in [0.25, 0.3) is 10.2 Å². The highest BCUT2D eigenvalue weighted by molar-refractivity contribution is 7.21. The van der Waals surface area contributed by atoms with Gasteiger partial charge in [0.1, 0.15) is 4.83 Å². The molecule has 0 saturated carbocycles. The summed E-state index contributed by atoms with van der Waals surface area (Å²) in [6, 6.07) is 1.99. The fraction of sp³-hybridized carbons (Fsp3) is 0.250. The molecule has 0 N–H and O–H groups in total. The van der Waals surface area contributed by atoms with Crippen molar-refractivity contribution in [2.75, 3.05) is 0 Å². The first kappa shape index (κ1) is 11.0. The highest BCUT2D eigenvalue weighted by Gasteiger charge is 2.17. The zero-order valence-corrected chi connectivity index (χ0v) is 10.3. The van der Waals surface area contributed by atoms with Gasteiger partial charge in [-0.1, -0.05) is 0 Å². The zero-order chi connectivity index (χ0) is 11.9. The molecule has 0 radical (unpaired) electrons. The summed E-state index contributed by atoms with van der Waals surface area (Å²) in [5.74, 6) is 0.0162. The Morgan fingerprint density at radius 1 is 1.50 bits per heavy atom. The number of carbonyl (C=O) groups is 1. The summed E-state index contributed by atoms with van der Waals surface area (Å²) < 4.78 is 0. The molecule has 0 bridgehead atoms. The maximum atomic E-state index is 11.5. The number of carbonyl (C=O) groups excluding carboxylic acids is 1. The summed E-state index contributed by atoms with van der Waals surface area (Å²) >= 11 is 1.39. The van der Waals surface area contributed by atoms with Crippen LogP contribution in [0.5, 0.6) is 0 Å².